The van der Waals surface area contributed by atoms with Gasteiger partial charge in [0.1, 0.15) is 5.82 Å². The fraction of sp³-hybridized carbons (Fsp3) is 0.458. The second kappa shape index (κ2) is 9.52. The van der Waals surface area contributed by atoms with E-state index in [1.165, 1.54) is 12.8 Å². The van der Waals surface area contributed by atoms with Crippen LogP contribution in [0.5, 0.6) is 0 Å². The van der Waals surface area contributed by atoms with E-state index in [9.17, 15) is 9.59 Å². The third-order valence-corrected chi connectivity index (χ3v) is 7.46. The van der Waals surface area contributed by atoms with Crippen molar-refractivity contribution in [3.63, 3.8) is 0 Å². The first-order chi connectivity index (χ1) is 16.0. The number of carbonyl (C=O) groups excluding carboxylic acids is 2. The van der Waals surface area contributed by atoms with E-state index in [0.29, 0.717) is 38.3 Å². The van der Waals surface area contributed by atoms with Gasteiger partial charge in [0.2, 0.25) is 11.8 Å². The molecule has 0 spiro atoms. The van der Waals surface area contributed by atoms with Gasteiger partial charge in [0.15, 0.2) is 0 Å². The first-order valence-corrected chi connectivity index (χ1v) is 12.4. The van der Waals surface area contributed by atoms with E-state index in [-0.39, 0.29) is 17.7 Å². The molecule has 3 aromatic rings. The number of aryl methyl sites for hydroxylation is 1. The normalized spacial score (nSPS) is 17.5. The summed E-state index contributed by atoms with van der Waals surface area (Å²) < 4.78 is 0. The summed E-state index contributed by atoms with van der Waals surface area (Å²) in [6.07, 6.45) is 9.10. The summed E-state index contributed by atoms with van der Waals surface area (Å²) >= 11 is 1.63. The van der Waals surface area contributed by atoms with Crippen LogP contribution >= 0.6 is 11.3 Å². The lowest BCUT2D eigenvalue weighted by Gasteiger charge is -2.32. The average Bonchev–Trinajstić information content (AvgIpc) is 3.50. The molecule has 5 rings (SSSR count). The first kappa shape index (κ1) is 21.9. The minimum Gasteiger partial charge on any atom is -0.342 e. The van der Waals surface area contributed by atoms with Crippen molar-refractivity contribution in [1.29, 1.82) is 0 Å². The zero-order valence-electron chi connectivity index (χ0n) is 18.8. The van der Waals surface area contributed by atoms with Gasteiger partial charge in [-0.15, -0.1) is 11.3 Å². The van der Waals surface area contributed by atoms with Crippen molar-refractivity contribution in [2.45, 2.75) is 32.6 Å². The van der Waals surface area contributed by atoms with Crippen molar-refractivity contribution in [3.05, 3.63) is 35.7 Å². The van der Waals surface area contributed by atoms with E-state index in [1.807, 2.05) is 30.3 Å². The molecule has 0 aromatic carbocycles. The molecule has 2 fully saturated rings. The van der Waals surface area contributed by atoms with E-state index in [4.69, 9.17) is 0 Å². The molecule has 8 nitrogen and oxygen atoms in total. The van der Waals surface area contributed by atoms with Crippen LogP contribution in [0.15, 0.2) is 30.7 Å². The lowest BCUT2D eigenvalue weighted by atomic mass is 9.96. The van der Waals surface area contributed by atoms with Gasteiger partial charge < -0.3 is 10.2 Å². The molecule has 0 bridgehead atoms. The summed E-state index contributed by atoms with van der Waals surface area (Å²) in [5, 5.41) is 4.90. The molecule has 2 saturated heterocycles. The monoisotopic (exact) mass is 464 g/mol. The number of pyridine rings is 2. The van der Waals surface area contributed by atoms with Crippen molar-refractivity contribution in [2.75, 3.05) is 38.0 Å². The van der Waals surface area contributed by atoms with E-state index < -0.39 is 0 Å². The van der Waals surface area contributed by atoms with Crippen LogP contribution in [0, 0.1) is 12.8 Å². The molecule has 0 radical (unpaired) electrons. The average molecular weight is 465 g/mol. The standard InChI is InChI=1S/C24H28N6O2S/c1-16-25-14-21(33-16)19-10-18-11-22(27-13-20(18)26-12-19)28-24(32)17-4-8-30(9-5-17)23(31)15-29-6-2-3-7-29/h10-14,17H,2-9,15H2,1H3,(H,27,28,32). The molecular weight excluding hydrogens is 436 g/mol. The van der Waals surface area contributed by atoms with Crippen LogP contribution in [0.25, 0.3) is 21.3 Å². The number of fused-ring (bicyclic) bond motifs is 1. The van der Waals surface area contributed by atoms with E-state index in [1.54, 1.807) is 17.5 Å². The van der Waals surface area contributed by atoms with Crippen LogP contribution in [0.2, 0.25) is 0 Å². The Morgan fingerprint density at radius 2 is 1.82 bits per heavy atom. The van der Waals surface area contributed by atoms with Crippen molar-refractivity contribution < 1.29 is 9.59 Å². The van der Waals surface area contributed by atoms with Crippen LogP contribution in [-0.2, 0) is 9.59 Å². The second-order valence-electron chi connectivity index (χ2n) is 8.86. The van der Waals surface area contributed by atoms with Gasteiger partial charge >= 0.3 is 0 Å². The van der Waals surface area contributed by atoms with Crippen LogP contribution in [0.1, 0.15) is 30.7 Å². The predicted molar refractivity (Wildman–Crippen MR) is 129 cm³/mol. The minimum atomic E-state index is -0.108. The number of hydrogen-bond acceptors (Lipinski definition) is 7. The molecule has 0 aliphatic carbocycles. The number of amides is 2. The molecule has 5 heterocycles. The molecular formula is C24H28N6O2S. The Hall–Kier alpha value is -2.91. The lowest BCUT2D eigenvalue weighted by molar-refractivity contribution is -0.135. The molecule has 2 amide bonds. The summed E-state index contributed by atoms with van der Waals surface area (Å²) in [7, 11) is 0. The van der Waals surface area contributed by atoms with Crippen molar-refractivity contribution in [2.24, 2.45) is 5.92 Å². The maximum Gasteiger partial charge on any atom is 0.236 e. The Morgan fingerprint density at radius 3 is 2.55 bits per heavy atom. The van der Waals surface area contributed by atoms with Gasteiger partial charge in [-0.2, -0.15) is 0 Å². The van der Waals surface area contributed by atoms with Gasteiger partial charge in [0, 0.05) is 42.4 Å². The number of anilines is 1. The van der Waals surface area contributed by atoms with E-state index in [0.717, 1.165) is 39.4 Å². The summed E-state index contributed by atoms with van der Waals surface area (Å²) in [5.41, 5.74) is 1.78. The Labute approximate surface area is 197 Å². The lowest BCUT2D eigenvalue weighted by Crippen LogP contribution is -2.45. The molecule has 33 heavy (non-hydrogen) atoms. The number of aromatic nitrogens is 3. The van der Waals surface area contributed by atoms with Crippen LogP contribution < -0.4 is 5.32 Å². The summed E-state index contributed by atoms with van der Waals surface area (Å²) in [6.45, 7) is 5.80. The number of likely N-dealkylation sites (tertiary alicyclic amines) is 2. The highest BCUT2D eigenvalue weighted by Gasteiger charge is 2.28. The Morgan fingerprint density at radius 1 is 1.03 bits per heavy atom. The van der Waals surface area contributed by atoms with Crippen molar-refractivity contribution in [3.8, 4) is 10.4 Å². The smallest absolute Gasteiger partial charge is 0.236 e. The van der Waals surface area contributed by atoms with Crippen LogP contribution in [-0.4, -0.2) is 69.3 Å². The molecule has 172 valence electrons. The molecule has 1 N–H and O–H groups in total. The fourth-order valence-corrected chi connectivity index (χ4v) is 5.34. The molecule has 0 unspecified atom stereocenters. The maximum atomic E-state index is 12.9. The zero-order chi connectivity index (χ0) is 22.8. The Balaban J connectivity index is 1.19. The molecule has 3 aromatic heterocycles. The summed E-state index contributed by atoms with van der Waals surface area (Å²) in [5.74, 6) is 0.574. The highest BCUT2D eigenvalue weighted by molar-refractivity contribution is 7.15. The van der Waals surface area contributed by atoms with Crippen molar-refractivity contribution >= 4 is 39.9 Å². The summed E-state index contributed by atoms with van der Waals surface area (Å²) in [6, 6.07) is 3.92. The molecule has 9 heteroatoms. The predicted octanol–water partition coefficient (Wildman–Crippen LogP) is 3.33. The molecule has 2 aliphatic rings. The van der Waals surface area contributed by atoms with Gasteiger partial charge in [0.25, 0.3) is 0 Å². The van der Waals surface area contributed by atoms with Gasteiger partial charge in [-0.1, -0.05) is 0 Å². The zero-order valence-corrected chi connectivity index (χ0v) is 19.6. The molecule has 0 atom stereocenters. The third-order valence-electron chi connectivity index (χ3n) is 6.50. The van der Waals surface area contributed by atoms with Gasteiger partial charge in [-0.3, -0.25) is 19.5 Å². The van der Waals surface area contributed by atoms with Gasteiger partial charge in [0.05, 0.1) is 28.1 Å². The van der Waals surface area contributed by atoms with Gasteiger partial charge in [-0.25, -0.2) is 9.97 Å². The highest BCUT2D eigenvalue weighted by atomic mass is 32.1. The Kier molecular flexibility index (Phi) is 6.32. The third kappa shape index (κ3) is 5.04. The quantitative estimate of drug-likeness (QED) is 0.623. The number of piperidine rings is 1. The van der Waals surface area contributed by atoms with E-state index >= 15 is 0 Å². The number of nitrogens with one attached hydrogen (secondary N) is 1. The van der Waals surface area contributed by atoms with E-state index in [2.05, 4.69) is 31.2 Å². The second-order valence-corrected chi connectivity index (χ2v) is 10.1. The highest BCUT2D eigenvalue weighted by Crippen LogP contribution is 2.28. The minimum absolute atomic E-state index is 0.0318. The first-order valence-electron chi connectivity index (χ1n) is 11.5. The number of carbonyl (C=O) groups is 2. The number of hydrogen-bond donors (Lipinski definition) is 1. The van der Waals surface area contributed by atoms with Gasteiger partial charge in [-0.05, 0) is 57.8 Å². The maximum absolute atomic E-state index is 12.9. The molecule has 2 aliphatic heterocycles. The number of rotatable bonds is 5. The van der Waals surface area contributed by atoms with Crippen molar-refractivity contribution in [1.82, 2.24) is 24.8 Å². The SMILES string of the molecule is Cc1ncc(-c2cnc3cnc(NC(=O)C4CCN(C(=O)CN5CCCC5)CC4)cc3c2)s1. The van der Waals surface area contributed by atoms with Crippen LogP contribution in [0.3, 0.4) is 0 Å². The summed E-state index contributed by atoms with van der Waals surface area (Å²) in [4.78, 5) is 43.8. The number of nitrogens with zero attached hydrogens (tertiary/aromatic N) is 5. The fourth-order valence-electron chi connectivity index (χ4n) is 4.58. The Bertz CT molecular complexity index is 1160. The molecule has 0 saturated carbocycles. The number of thiazole rings is 1. The topological polar surface area (TPSA) is 91.3 Å². The van der Waals surface area contributed by atoms with Crippen LogP contribution in [0.4, 0.5) is 5.82 Å². The largest absolute Gasteiger partial charge is 0.342 e.